The molecule has 4 heteroatoms. The maximum Gasteiger partial charge on any atom is 0.335 e. The van der Waals surface area contributed by atoms with E-state index < -0.39 is 11.7 Å². The van der Waals surface area contributed by atoms with E-state index in [1.165, 1.54) is 24.3 Å². The van der Waals surface area contributed by atoms with Gasteiger partial charge in [0.25, 0.3) is 0 Å². The zero-order valence-electron chi connectivity index (χ0n) is 8.96. The van der Waals surface area contributed by atoms with Crippen molar-refractivity contribution in [2.24, 2.45) is 0 Å². The van der Waals surface area contributed by atoms with Crippen LogP contribution in [0.1, 0.15) is 10.4 Å². The summed E-state index contributed by atoms with van der Waals surface area (Å²) in [4.78, 5) is 11.3. The van der Waals surface area contributed by atoms with Gasteiger partial charge in [0.15, 0.2) is 0 Å². The number of carbonyl (C=O) groups is 1. The number of hydrogen-bond acceptors (Lipinski definition) is 2. The SMILES string of the molecule is O=C(O)c1ccccc1[O-].[SH2+]c1ccccc1. The van der Waals surface area contributed by atoms with Crippen molar-refractivity contribution in [3.63, 3.8) is 0 Å². The molecule has 0 saturated carbocycles. The van der Waals surface area contributed by atoms with Crippen LogP contribution in [0.15, 0.2) is 59.5 Å². The molecule has 0 aromatic heterocycles. The highest BCUT2D eigenvalue weighted by atomic mass is 32.1. The number of para-hydroxylation sites is 1. The van der Waals surface area contributed by atoms with Gasteiger partial charge in [0, 0.05) is 0 Å². The van der Waals surface area contributed by atoms with E-state index >= 15 is 0 Å². The lowest BCUT2D eigenvalue weighted by Gasteiger charge is -2.07. The molecular formula is C13H12O3S. The van der Waals surface area contributed by atoms with E-state index in [0.29, 0.717) is 0 Å². The topological polar surface area (TPSA) is 60.4 Å². The summed E-state index contributed by atoms with van der Waals surface area (Å²) in [6.07, 6.45) is 0. The van der Waals surface area contributed by atoms with Crippen molar-refractivity contribution in [1.82, 2.24) is 0 Å². The quantitative estimate of drug-likeness (QED) is 0.778. The fourth-order valence-electron chi connectivity index (χ4n) is 1.08. The molecule has 0 fully saturated rings. The second kappa shape index (κ2) is 6.60. The second-order valence-corrected chi connectivity index (χ2v) is 3.74. The van der Waals surface area contributed by atoms with Gasteiger partial charge in [-0.25, -0.2) is 4.79 Å². The highest BCUT2D eigenvalue weighted by Gasteiger charge is 1.99. The van der Waals surface area contributed by atoms with Gasteiger partial charge in [0.1, 0.15) is 4.90 Å². The van der Waals surface area contributed by atoms with Crippen molar-refractivity contribution in [3.8, 4) is 5.75 Å². The number of carboxylic acid groups (broad SMARTS) is 1. The molecule has 0 bridgehead atoms. The van der Waals surface area contributed by atoms with Crippen LogP contribution in [0.3, 0.4) is 0 Å². The van der Waals surface area contributed by atoms with E-state index in [1.54, 1.807) is 0 Å². The van der Waals surface area contributed by atoms with Gasteiger partial charge in [0.2, 0.25) is 0 Å². The molecule has 0 radical (unpaired) electrons. The highest BCUT2D eigenvalue weighted by molar-refractivity contribution is 7.58. The predicted molar refractivity (Wildman–Crippen MR) is 67.7 cm³/mol. The van der Waals surface area contributed by atoms with Crippen LogP contribution in [0, 0.1) is 0 Å². The average Bonchev–Trinajstić information content (AvgIpc) is 2.31. The number of aromatic carboxylic acids is 1. The highest BCUT2D eigenvalue weighted by Crippen LogP contribution is 2.10. The Morgan fingerprint density at radius 1 is 1.00 bits per heavy atom. The molecule has 0 amide bonds. The van der Waals surface area contributed by atoms with Crippen molar-refractivity contribution in [3.05, 3.63) is 60.2 Å². The van der Waals surface area contributed by atoms with Crippen molar-refractivity contribution in [1.29, 1.82) is 0 Å². The van der Waals surface area contributed by atoms with E-state index in [2.05, 4.69) is 12.6 Å². The molecule has 0 aliphatic heterocycles. The lowest BCUT2D eigenvalue weighted by atomic mass is 10.2. The lowest BCUT2D eigenvalue weighted by molar-refractivity contribution is -0.268. The summed E-state index contributed by atoms with van der Waals surface area (Å²) in [5.41, 5.74) is -0.178. The smallest absolute Gasteiger partial charge is 0.335 e. The molecule has 0 spiro atoms. The molecule has 3 nitrogen and oxygen atoms in total. The molecule has 0 aliphatic carbocycles. The molecule has 0 heterocycles. The summed E-state index contributed by atoms with van der Waals surface area (Å²) >= 11 is 3.36. The lowest BCUT2D eigenvalue weighted by Crippen LogP contribution is -2.02. The van der Waals surface area contributed by atoms with Crippen LogP contribution in [0.4, 0.5) is 0 Å². The zero-order chi connectivity index (χ0) is 12.7. The molecule has 0 saturated heterocycles. The van der Waals surface area contributed by atoms with Gasteiger partial charge >= 0.3 is 5.97 Å². The second-order valence-electron chi connectivity index (χ2n) is 3.17. The third-order valence-corrected chi connectivity index (χ3v) is 2.22. The van der Waals surface area contributed by atoms with Crippen molar-refractivity contribution >= 4 is 18.6 Å². The van der Waals surface area contributed by atoms with Gasteiger partial charge < -0.3 is 10.2 Å². The first-order valence-corrected chi connectivity index (χ1v) is 5.37. The number of carboxylic acids is 1. The Kier molecular flexibility index (Phi) is 5.10. The molecule has 0 aliphatic rings. The van der Waals surface area contributed by atoms with Crippen LogP contribution < -0.4 is 5.11 Å². The predicted octanol–water partition coefficient (Wildman–Crippen LogP) is 1.52. The minimum Gasteiger partial charge on any atom is -0.872 e. The Morgan fingerprint density at radius 3 is 1.88 bits per heavy atom. The zero-order valence-corrected chi connectivity index (χ0v) is 9.96. The minimum atomic E-state index is -1.18. The minimum absolute atomic E-state index is 0.178. The molecule has 0 unspecified atom stereocenters. The van der Waals surface area contributed by atoms with Crippen molar-refractivity contribution in [2.75, 3.05) is 0 Å². The maximum atomic E-state index is 10.7. The van der Waals surface area contributed by atoms with Gasteiger partial charge in [-0.3, -0.25) is 0 Å². The Balaban J connectivity index is 0.000000181. The number of rotatable bonds is 1. The normalized spacial score (nSPS) is 9.00. The Labute approximate surface area is 105 Å². The summed E-state index contributed by atoms with van der Waals surface area (Å²) in [5.74, 6) is -1.62. The summed E-state index contributed by atoms with van der Waals surface area (Å²) in [6.45, 7) is 0. The number of benzene rings is 2. The Hall–Kier alpha value is -1.94. The summed E-state index contributed by atoms with van der Waals surface area (Å²) in [7, 11) is 0. The fraction of sp³-hybridized carbons (Fsp3) is 0. The van der Waals surface area contributed by atoms with Crippen LogP contribution in [0.2, 0.25) is 0 Å². The Morgan fingerprint density at radius 2 is 1.53 bits per heavy atom. The summed E-state index contributed by atoms with van der Waals surface area (Å²) in [6, 6.07) is 15.5. The van der Waals surface area contributed by atoms with Crippen LogP contribution in [0.25, 0.3) is 0 Å². The maximum absolute atomic E-state index is 10.7. The molecule has 17 heavy (non-hydrogen) atoms. The first-order valence-electron chi connectivity index (χ1n) is 4.87. The molecule has 2 aromatic carbocycles. The summed E-state index contributed by atoms with van der Waals surface area (Å²) < 4.78 is 0. The van der Waals surface area contributed by atoms with Crippen LogP contribution in [-0.2, 0) is 12.6 Å². The van der Waals surface area contributed by atoms with Gasteiger partial charge in [-0.1, -0.05) is 42.1 Å². The molecule has 2 rings (SSSR count). The van der Waals surface area contributed by atoms with E-state index in [1.807, 2.05) is 30.3 Å². The van der Waals surface area contributed by atoms with Gasteiger partial charge in [-0.2, -0.15) is 0 Å². The van der Waals surface area contributed by atoms with Crippen LogP contribution >= 0.6 is 0 Å². The standard InChI is InChI=1S/C7H6O3.C6H6S/c8-6-4-2-1-3-5(6)7(9)10;7-6-4-2-1-3-5-6/h1-4,8H,(H,9,10);1-5,7H. The third kappa shape index (κ3) is 4.61. The van der Waals surface area contributed by atoms with Gasteiger partial charge in [-0.15, -0.1) is 0 Å². The Bertz CT molecular complexity index is 483. The van der Waals surface area contributed by atoms with Crippen molar-refractivity contribution < 1.29 is 15.0 Å². The molecule has 88 valence electrons. The monoisotopic (exact) mass is 248 g/mol. The molecule has 1 N–H and O–H groups in total. The van der Waals surface area contributed by atoms with E-state index in [4.69, 9.17) is 5.11 Å². The van der Waals surface area contributed by atoms with E-state index in [9.17, 15) is 9.90 Å². The largest absolute Gasteiger partial charge is 0.872 e. The van der Waals surface area contributed by atoms with Crippen LogP contribution in [0.5, 0.6) is 5.75 Å². The van der Waals surface area contributed by atoms with Gasteiger partial charge in [0.05, 0.1) is 5.56 Å². The first kappa shape index (κ1) is 13.1. The summed E-state index contributed by atoms with van der Waals surface area (Å²) in [5, 5.41) is 19.0. The first-order chi connectivity index (χ1) is 8.11. The molecular weight excluding hydrogens is 236 g/mol. The van der Waals surface area contributed by atoms with Crippen LogP contribution in [-0.4, -0.2) is 11.1 Å². The number of hydrogen-bond donors (Lipinski definition) is 1. The van der Waals surface area contributed by atoms with E-state index in [-0.39, 0.29) is 5.56 Å². The molecule has 0 atom stereocenters. The fourth-order valence-corrected chi connectivity index (χ4v) is 1.27. The van der Waals surface area contributed by atoms with Crippen molar-refractivity contribution in [2.45, 2.75) is 4.90 Å². The molecule has 2 aromatic rings. The average molecular weight is 248 g/mol. The van der Waals surface area contributed by atoms with E-state index in [0.717, 1.165) is 4.90 Å². The third-order valence-electron chi connectivity index (χ3n) is 1.89. The van der Waals surface area contributed by atoms with Gasteiger partial charge in [-0.05, 0) is 30.8 Å².